The highest BCUT2D eigenvalue weighted by Crippen LogP contribution is 2.67. The van der Waals surface area contributed by atoms with Crippen LogP contribution in [0.15, 0.2) is 218 Å². The highest BCUT2D eigenvalue weighted by atomic mass is 15.2. The zero-order valence-corrected chi connectivity index (χ0v) is 35.2. The largest absolute Gasteiger partial charge is 0.309 e. The van der Waals surface area contributed by atoms with Crippen molar-refractivity contribution in [3.8, 4) is 50.2 Å². The van der Waals surface area contributed by atoms with Crippen molar-refractivity contribution >= 4 is 38.9 Å². The van der Waals surface area contributed by atoms with E-state index in [4.69, 9.17) is 0 Å². The molecule has 63 heavy (non-hydrogen) atoms. The van der Waals surface area contributed by atoms with E-state index in [9.17, 15) is 0 Å². The lowest BCUT2D eigenvalue weighted by Gasteiger charge is -2.37. The number of fused-ring (bicyclic) bond motifs is 11. The van der Waals surface area contributed by atoms with Crippen molar-refractivity contribution in [2.75, 3.05) is 4.90 Å². The number of aromatic nitrogens is 1. The van der Waals surface area contributed by atoms with Crippen LogP contribution in [0.1, 0.15) is 36.8 Å². The average Bonchev–Trinajstić information content (AvgIpc) is 4.13. The number of hydrogen-bond acceptors (Lipinski definition) is 1. The Hall–Kier alpha value is -7.42. The quantitative estimate of drug-likeness (QED) is 0.156. The van der Waals surface area contributed by atoms with Gasteiger partial charge in [0, 0.05) is 38.7 Å². The van der Waals surface area contributed by atoms with Gasteiger partial charge in [-0.2, -0.15) is 0 Å². The van der Waals surface area contributed by atoms with Crippen LogP contribution in [0.25, 0.3) is 72.0 Å². The molecule has 13 rings (SSSR count). The van der Waals surface area contributed by atoms with Gasteiger partial charge in [0.2, 0.25) is 0 Å². The van der Waals surface area contributed by atoms with Crippen molar-refractivity contribution in [1.29, 1.82) is 0 Å². The maximum absolute atomic E-state index is 2.60. The van der Waals surface area contributed by atoms with E-state index in [1.54, 1.807) is 0 Å². The smallest absolute Gasteiger partial charge is 0.0561 e. The summed E-state index contributed by atoms with van der Waals surface area (Å²) in [6.45, 7) is 0. The fourth-order valence-corrected chi connectivity index (χ4v) is 12.4. The first kappa shape index (κ1) is 36.3. The van der Waals surface area contributed by atoms with Crippen LogP contribution in [0.3, 0.4) is 0 Å². The molecule has 1 aromatic heterocycles. The maximum atomic E-state index is 2.60. The van der Waals surface area contributed by atoms with Gasteiger partial charge >= 0.3 is 0 Å². The lowest BCUT2D eigenvalue weighted by Crippen LogP contribution is -2.31. The fraction of sp³-hybridized carbons (Fsp3) is 0.115. The van der Waals surface area contributed by atoms with E-state index >= 15 is 0 Å². The molecule has 0 amide bonds. The monoisotopic (exact) mass is 806 g/mol. The Labute approximate surface area is 369 Å². The summed E-state index contributed by atoms with van der Waals surface area (Å²) in [7, 11) is 0. The van der Waals surface area contributed by atoms with E-state index in [1.165, 1.54) is 109 Å². The second-order valence-electron chi connectivity index (χ2n) is 18.0. The van der Waals surface area contributed by atoms with Crippen molar-refractivity contribution in [3.05, 3.63) is 230 Å². The van der Waals surface area contributed by atoms with Gasteiger partial charge in [0.1, 0.15) is 0 Å². The summed E-state index contributed by atoms with van der Waals surface area (Å²) in [4.78, 5) is 2.60. The minimum absolute atomic E-state index is 0.0630. The van der Waals surface area contributed by atoms with E-state index in [2.05, 4.69) is 228 Å². The maximum Gasteiger partial charge on any atom is 0.0561 e. The predicted molar refractivity (Wildman–Crippen MR) is 263 cm³/mol. The molecule has 2 fully saturated rings. The Morgan fingerprint density at radius 2 is 1.02 bits per heavy atom. The van der Waals surface area contributed by atoms with Gasteiger partial charge in [-0.3, -0.25) is 0 Å². The topological polar surface area (TPSA) is 8.17 Å². The molecule has 3 aliphatic carbocycles. The highest BCUT2D eigenvalue weighted by molar-refractivity contribution is 6.11. The third kappa shape index (κ3) is 5.44. The molecule has 10 aromatic rings. The molecular formula is C61H46N2. The molecule has 3 aliphatic rings. The van der Waals surface area contributed by atoms with Crippen LogP contribution in [0, 0.1) is 11.8 Å². The van der Waals surface area contributed by atoms with Gasteiger partial charge in [-0.1, -0.05) is 182 Å². The Kier molecular flexibility index (Phi) is 8.24. The molecule has 0 radical (unpaired) electrons. The van der Waals surface area contributed by atoms with E-state index in [0.29, 0.717) is 5.92 Å². The lowest BCUT2D eigenvalue weighted by molar-refractivity contribution is 0.327. The van der Waals surface area contributed by atoms with Crippen LogP contribution in [-0.4, -0.2) is 4.57 Å². The van der Waals surface area contributed by atoms with Crippen LogP contribution < -0.4 is 4.90 Å². The number of nitrogens with zero attached hydrogens (tertiary/aromatic N) is 2. The Morgan fingerprint density at radius 1 is 0.429 bits per heavy atom. The number of benzene rings is 9. The SMILES string of the molecule is c1ccc(-c2ccccc2-c2ccccc2-c2ccccc2N(c2ccc3c4ccccc4n(-c4ccccc4)c3c2)c2cccc3c2-c2ccccc2C32CC3CCC2C3)cc1. The Balaban J connectivity index is 1.09. The summed E-state index contributed by atoms with van der Waals surface area (Å²) in [6, 6.07) is 81.3. The fourth-order valence-electron chi connectivity index (χ4n) is 12.4. The lowest BCUT2D eigenvalue weighted by atomic mass is 9.67. The van der Waals surface area contributed by atoms with Crippen LogP contribution in [-0.2, 0) is 5.41 Å². The van der Waals surface area contributed by atoms with E-state index in [1.807, 2.05) is 0 Å². The summed E-state index contributed by atoms with van der Waals surface area (Å²) in [5.74, 6) is 1.47. The van der Waals surface area contributed by atoms with Crippen LogP contribution >= 0.6 is 0 Å². The van der Waals surface area contributed by atoms with E-state index in [0.717, 1.165) is 23.0 Å². The summed E-state index contributed by atoms with van der Waals surface area (Å²) < 4.78 is 2.45. The van der Waals surface area contributed by atoms with Crippen molar-refractivity contribution in [1.82, 2.24) is 4.57 Å². The molecule has 0 N–H and O–H groups in total. The van der Waals surface area contributed by atoms with Crippen LogP contribution in [0.4, 0.5) is 17.1 Å². The molecule has 2 heteroatoms. The average molecular weight is 807 g/mol. The first-order valence-electron chi connectivity index (χ1n) is 22.7. The molecule has 9 aromatic carbocycles. The standard InChI is InChI=1S/C61H46N2/c1-3-18-42(19-4-1)46-22-7-8-23-47(46)48-24-9-10-25-49(48)50-26-12-15-31-56(50)63(45-36-37-52-51-27-13-16-32-57(51)62(59(52)39-45)44-20-5-2-6-21-44)58-33-17-30-55-60(58)53-28-11-14-29-54(53)61(55)40-41-34-35-43(61)38-41/h1-33,36-37,39,41,43H,34-35,38,40H2. The van der Waals surface area contributed by atoms with Gasteiger partial charge in [0.25, 0.3) is 0 Å². The molecule has 3 atom stereocenters. The minimum Gasteiger partial charge on any atom is -0.309 e. The molecule has 300 valence electrons. The molecule has 1 heterocycles. The van der Waals surface area contributed by atoms with Gasteiger partial charge in [-0.15, -0.1) is 0 Å². The number of rotatable bonds is 7. The minimum atomic E-state index is 0.0630. The molecule has 1 spiro atoms. The van der Waals surface area contributed by atoms with Crippen molar-refractivity contribution in [3.63, 3.8) is 0 Å². The van der Waals surface area contributed by atoms with Crippen LogP contribution in [0.2, 0.25) is 0 Å². The molecule has 0 saturated heterocycles. The first-order chi connectivity index (χ1) is 31.3. The van der Waals surface area contributed by atoms with Crippen molar-refractivity contribution < 1.29 is 0 Å². The molecule has 0 aliphatic heterocycles. The normalized spacial score (nSPS) is 18.3. The van der Waals surface area contributed by atoms with Gasteiger partial charge in [0.15, 0.2) is 0 Å². The highest BCUT2D eigenvalue weighted by Gasteiger charge is 2.57. The van der Waals surface area contributed by atoms with Gasteiger partial charge in [-0.05, 0) is 118 Å². The number of anilines is 3. The van der Waals surface area contributed by atoms with E-state index < -0.39 is 0 Å². The zero-order chi connectivity index (χ0) is 41.5. The Bertz CT molecular complexity index is 3380. The second-order valence-corrected chi connectivity index (χ2v) is 18.0. The van der Waals surface area contributed by atoms with Gasteiger partial charge in [0.05, 0.1) is 22.4 Å². The Morgan fingerprint density at radius 3 is 1.78 bits per heavy atom. The van der Waals surface area contributed by atoms with Gasteiger partial charge < -0.3 is 9.47 Å². The van der Waals surface area contributed by atoms with E-state index in [-0.39, 0.29) is 5.41 Å². The summed E-state index contributed by atoms with van der Waals surface area (Å²) in [5, 5.41) is 2.51. The molecule has 2 saturated carbocycles. The predicted octanol–water partition coefficient (Wildman–Crippen LogP) is 16.3. The summed E-state index contributed by atoms with van der Waals surface area (Å²) >= 11 is 0. The number of para-hydroxylation sites is 3. The zero-order valence-electron chi connectivity index (χ0n) is 35.2. The summed E-state index contributed by atoms with van der Waals surface area (Å²) in [5.41, 5.74) is 20.3. The molecular weight excluding hydrogens is 761 g/mol. The second kappa shape index (κ2) is 14.3. The van der Waals surface area contributed by atoms with Crippen molar-refractivity contribution in [2.24, 2.45) is 11.8 Å². The molecule has 3 unspecified atom stereocenters. The van der Waals surface area contributed by atoms with Crippen LogP contribution in [0.5, 0.6) is 0 Å². The number of hydrogen-bond donors (Lipinski definition) is 0. The first-order valence-corrected chi connectivity index (χ1v) is 22.7. The van der Waals surface area contributed by atoms with Gasteiger partial charge in [-0.25, -0.2) is 0 Å². The molecule has 2 nitrogen and oxygen atoms in total. The third-order valence-corrected chi connectivity index (χ3v) is 14.9. The van der Waals surface area contributed by atoms with Crippen molar-refractivity contribution in [2.45, 2.75) is 31.1 Å². The third-order valence-electron chi connectivity index (χ3n) is 14.9. The molecule has 2 bridgehead atoms. The summed E-state index contributed by atoms with van der Waals surface area (Å²) in [6.07, 6.45) is 5.27.